The fourth-order valence-corrected chi connectivity index (χ4v) is 1.40. The first-order chi connectivity index (χ1) is 6.11. The number of rotatable bonds is 3. The molecule has 0 aliphatic rings. The van der Waals surface area contributed by atoms with Crippen LogP contribution >= 0.6 is 11.3 Å². The van der Waals surface area contributed by atoms with Crippen LogP contribution in [0.1, 0.15) is 6.92 Å². The van der Waals surface area contributed by atoms with E-state index >= 15 is 0 Å². The standard InChI is InChI=1S/C7H12N4OS/c1-5(6(12)11(2)3)9-7-10-8-4-13-7/h4-5H,1-3H3,(H,9,10). The van der Waals surface area contributed by atoms with Crippen molar-refractivity contribution in [1.82, 2.24) is 15.1 Å². The van der Waals surface area contributed by atoms with Gasteiger partial charge in [0.25, 0.3) is 0 Å². The van der Waals surface area contributed by atoms with Crippen molar-refractivity contribution in [3.8, 4) is 0 Å². The molecule has 0 radical (unpaired) electrons. The molecule has 0 aliphatic heterocycles. The molecule has 1 rings (SSSR count). The van der Waals surface area contributed by atoms with E-state index in [1.807, 2.05) is 0 Å². The highest BCUT2D eigenvalue weighted by atomic mass is 32.1. The Hall–Kier alpha value is -1.17. The number of hydrogen-bond donors (Lipinski definition) is 1. The van der Waals surface area contributed by atoms with Crippen molar-refractivity contribution in [3.05, 3.63) is 5.51 Å². The summed E-state index contributed by atoms with van der Waals surface area (Å²) >= 11 is 1.38. The lowest BCUT2D eigenvalue weighted by Crippen LogP contribution is -2.36. The van der Waals surface area contributed by atoms with Gasteiger partial charge in [0.1, 0.15) is 11.6 Å². The van der Waals surface area contributed by atoms with Crippen LogP contribution in [0, 0.1) is 0 Å². The Morgan fingerprint density at radius 1 is 1.69 bits per heavy atom. The maximum absolute atomic E-state index is 11.4. The van der Waals surface area contributed by atoms with Gasteiger partial charge in [-0.1, -0.05) is 11.3 Å². The van der Waals surface area contributed by atoms with Crippen LogP contribution in [0.3, 0.4) is 0 Å². The molecule has 72 valence electrons. The monoisotopic (exact) mass is 200 g/mol. The Morgan fingerprint density at radius 2 is 2.38 bits per heavy atom. The lowest BCUT2D eigenvalue weighted by Gasteiger charge is -2.16. The molecule has 1 amide bonds. The summed E-state index contributed by atoms with van der Waals surface area (Å²) in [6.07, 6.45) is 0. The molecule has 1 atom stereocenters. The molecule has 0 saturated heterocycles. The fraction of sp³-hybridized carbons (Fsp3) is 0.571. The van der Waals surface area contributed by atoms with Crippen molar-refractivity contribution in [2.24, 2.45) is 0 Å². The molecular weight excluding hydrogens is 188 g/mol. The smallest absolute Gasteiger partial charge is 0.244 e. The normalized spacial score (nSPS) is 12.2. The highest BCUT2D eigenvalue weighted by Gasteiger charge is 2.14. The largest absolute Gasteiger partial charge is 0.349 e. The fourth-order valence-electron chi connectivity index (χ4n) is 0.870. The summed E-state index contributed by atoms with van der Waals surface area (Å²) in [7, 11) is 3.45. The minimum Gasteiger partial charge on any atom is -0.349 e. The van der Waals surface area contributed by atoms with Crippen LogP contribution in [0.2, 0.25) is 0 Å². The molecule has 1 heterocycles. The van der Waals surface area contributed by atoms with Crippen LogP contribution in [0.15, 0.2) is 5.51 Å². The summed E-state index contributed by atoms with van der Waals surface area (Å²) in [6.45, 7) is 1.80. The summed E-state index contributed by atoms with van der Waals surface area (Å²) in [4.78, 5) is 12.9. The molecule has 0 spiro atoms. The number of hydrogen-bond acceptors (Lipinski definition) is 5. The van der Waals surface area contributed by atoms with Gasteiger partial charge in [0.05, 0.1) is 0 Å². The predicted molar refractivity (Wildman–Crippen MR) is 51.7 cm³/mol. The van der Waals surface area contributed by atoms with Gasteiger partial charge >= 0.3 is 0 Å². The Kier molecular flexibility index (Phi) is 3.18. The van der Waals surface area contributed by atoms with E-state index < -0.39 is 0 Å². The quantitative estimate of drug-likeness (QED) is 0.768. The zero-order chi connectivity index (χ0) is 9.84. The van der Waals surface area contributed by atoms with E-state index in [0.29, 0.717) is 5.13 Å². The molecule has 0 saturated carbocycles. The summed E-state index contributed by atoms with van der Waals surface area (Å²) in [5, 5.41) is 11.1. The van der Waals surface area contributed by atoms with Crippen molar-refractivity contribution >= 4 is 22.4 Å². The topological polar surface area (TPSA) is 58.1 Å². The van der Waals surface area contributed by atoms with Gasteiger partial charge in [-0.05, 0) is 6.92 Å². The van der Waals surface area contributed by atoms with Crippen LogP contribution in [0.4, 0.5) is 5.13 Å². The zero-order valence-corrected chi connectivity index (χ0v) is 8.63. The molecule has 5 nitrogen and oxygen atoms in total. The van der Waals surface area contributed by atoms with E-state index in [1.54, 1.807) is 31.4 Å². The number of nitrogens with zero attached hydrogens (tertiary/aromatic N) is 3. The van der Waals surface area contributed by atoms with Crippen molar-refractivity contribution in [2.75, 3.05) is 19.4 Å². The lowest BCUT2D eigenvalue weighted by atomic mass is 10.3. The number of aromatic nitrogens is 2. The third-order valence-corrected chi connectivity index (χ3v) is 2.13. The molecule has 0 bridgehead atoms. The van der Waals surface area contributed by atoms with E-state index in [4.69, 9.17) is 0 Å². The van der Waals surface area contributed by atoms with E-state index in [-0.39, 0.29) is 11.9 Å². The van der Waals surface area contributed by atoms with Crippen molar-refractivity contribution in [2.45, 2.75) is 13.0 Å². The Balaban J connectivity index is 2.51. The molecule has 1 unspecified atom stereocenters. The van der Waals surface area contributed by atoms with E-state index in [1.165, 1.54) is 11.3 Å². The van der Waals surface area contributed by atoms with Crippen molar-refractivity contribution < 1.29 is 4.79 Å². The van der Waals surface area contributed by atoms with Crippen LogP contribution in [0.5, 0.6) is 0 Å². The first kappa shape index (κ1) is 9.91. The van der Waals surface area contributed by atoms with Gasteiger partial charge < -0.3 is 10.2 Å². The molecule has 13 heavy (non-hydrogen) atoms. The molecular formula is C7H12N4OS. The summed E-state index contributed by atoms with van der Waals surface area (Å²) < 4.78 is 0. The first-order valence-electron chi connectivity index (χ1n) is 3.85. The number of likely N-dealkylation sites (N-methyl/N-ethyl adjacent to an activating group) is 1. The highest BCUT2D eigenvalue weighted by Crippen LogP contribution is 2.09. The van der Waals surface area contributed by atoms with Crippen LogP contribution in [-0.4, -0.2) is 41.1 Å². The number of amides is 1. The average molecular weight is 200 g/mol. The number of anilines is 1. The zero-order valence-electron chi connectivity index (χ0n) is 7.81. The summed E-state index contributed by atoms with van der Waals surface area (Å²) in [5.41, 5.74) is 1.62. The maximum Gasteiger partial charge on any atom is 0.244 e. The summed E-state index contributed by atoms with van der Waals surface area (Å²) in [5.74, 6) is 0.0233. The Morgan fingerprint density at radius 3 is 2.85 bits per heavy atom. The SMILES string of the molecule is CC(Nc1nncs1)C(=O)N(C)C. The van der Waals surface area contributed by atoms with Gasteiger partial charge in [0.2, 0.25) is 11.0 Å². The number of nitrogens with one attached hydrogen (secondary N) is 1. The molecule has 0 aromatic carbocycles. The van der Waals surface area contributed by atoms with Gasteiger partial charge in [-0.25, -0.2) is 0 Å². The van der Waals surface area contributed by atoms with Gasteiger partial charge in [-0.2, -0.15) is 0 Å². The molecule has 1 aromatic rings. The molecule has 1 aromatic heterocycles. The second kappa shape index (κ2) is 4.18. The van der Waals surface area contributed by atoms with Crippen LogP contribution in [-0.2, 0) is 4.79 Å². The van der Waals surface area contributed by atoms with Crippen LogP contribution in [0.25, 0.3) is 0 Å². The predicted octanol–water partition coefficient (Wildman–Crippen LogP) is 0.427. The minimum absolute atomic E-state index is 0.0233. The lowest BCUT2D eigenvalue weighted by molar-refractivity contribution is -0.129. The van der Waals surface area contributed by atoms with Crippen molar-refractivity contribution in [3.63, 3.8) is 0 Å². The molecule has 1 N–H and O–H groups in total. The van der Waals surface area contributed by atoms with Gasteiger partial charge in [-0.15, -0.1) is 10.2 Å². The maximum atomic E-state index is 11.4. The van der Waals surface area contributed by atoms with E-state index in [0.717, 1.165) is 0 Å². The highest BCUT2D eigenvalue weighted by molar-refractivity contribution is 7.13. The average Bonchev–Trinajstić information content (AvgIpc) is 2.55. The summed E-state index contributed by atoms with van der Waals surface area (Å²) in [6, 6.07) is -0.261. The van der Waals surface area contributed by atoms with Gasteiger partial charge in [0.15, 0.2) is 0 Å². The third-order valence-electron chi connectivity index (χ3n) is 1.51. The van der Waals surface area contributed by atoms with E-state index in [9.17, 15) is 4.79 Å². The first-order valence-corrected chi connectivity index (χ1v) is 4.73. The molecule has 0 fully saturated rings. The Bertz CT molecular complexity index is 272. The molecule has 6 heteroatoms. The van der Waals surface area contributed by atoms with Crippen LogP contribution < -0.4 is 5.32 Å². The van der Waals surface area contributed by atoms with E-state index in [2.05, 4.69) is 15.5 Å². The molecule has 0 aliphatic carbocycles. The number of carbonyl (C=O) groups is 1. The number of carbonyl (C=O) groups excluding carboxylic acids is 1. The van der Waals surface area contributed by atoms with Gasteiger partial charge in [-0.3, -0.25) is 4.79 Å². The van der Waals surface area contributed by atoms with Gasteiger partial charge in [0, 0.05) is 14.1 Å². The Labute approximate surface area is 80.8 Å². The third kappa shape index (κ3) is 2.66. The second-order valence-corrected chi connectivity index (χ2v) is 3.68. The second-order valence-electron chi connectivity index (χ2n) is 2.84. The van der Waals surface area contributed by atoms with Crippen molar-refractivity contribution in [1.29, 1.82) is 0 Å². The minimum atomic E-state index is -0.261.